The van der Waals surface area contributed by atoms with Crippen LogP contribution in [0.1, 0.15) is 32.3 Å². The van der Waals surface area contributed by atoms with Crippen molar-refractivity contribution >= 4 is 43.5 Å². The van der Waals surface area contributed by atoms with Crippen molar-refractivity contribution in [2.75, 3.05) is 23.7 Å². The molecule has 0 saturated carbocycles. The lowest BCUT2D eigenvalue weighted by molar-refractivity contribution is -0.140. The summed E-state index contributed by atoms with van der Waals surface area (Å²) in [6.07, 6.45) is 2.25. The van der Waals surface area contributed by atoms with E-state index in [4.69, 9.17) is 0 Å². The van der Waals surface area contributed by atoms with E-state index in [1.54, 1.807) is 24.3 Å². The fourth-order valence-corrected chi connectivity index (χ4v) is 4.54. The third-order valence-corrected chi connectivity index (χ3v) is 6.54. The van der Waals surface area contributed by atoms with Crippen LogP contribution in [0.25, 0.3) is 0 Å². The van der Waals surface area contributed by atoms with Gasteiger partial charge in [-0.05, 0) is 36.6 Å². The van der Waals surface area contributed by atoms with E-state index < -0.39 is 28.5 Å². The monoisotopic (exact) mass is 523 g/mol. The van der Waals surface area contributed by atoms with E-state index in [1.165, 1.54) is 4.90 Å². The van der Waals surface area contributed by atoms with Crippen molar-refractivity contribution in [3.8, 4) is 0 Å². The van der Waals surface area contributed by atoms with Crippen molar-refractivity contribution in [1.82, 2.24) is 10.2 Å². The van der Waals surface area contributed by atoms with Gasteiger partial charge in [0.05, 0.1) is 11.9 Å². The molecule has 0 aromatic heterocycles. The minimum Gasteiger partial charge on any atom is -0.354 e. The summed E-state index contributed by atoms with van der Waals surface area (Å²) < 4.78 is 26.8. The first-order valence-electron chi connectivity index (χ1n) is 10.5. The Balaban J connectivity index is 2.39. The van der Waals surface area contributed by atoms with Crippen molar-refractivity contribution in [2.24, 2.45) is 0 Å². The molecule has 174 valence electrons. The van der Waals surface area contributed by atoms with Crippen LogP contribution in [-0.2, 0) is 26.2 Å². The number of benzene rings is 2. The van der Waals surface area contributed by atoms with Gasteiger partial charge in [0.15, 0.2) is 0 Å². The molecule has 0 aliphatic heterocycles. The zero-order chi connectivity index (χ0) is 23.7. The highest BCUT2D eigenvalue weighted by atomic mass is 79.9. The average Bonchev–Trinajstić information content (AvgIpc) is 2.75. The molecule has 7 nitrogen and oxygen atoms in total. The summed E-state index contributed by atoms with van der Waals surface area (Å²) >= 11 is 3.34. The van der Waals surface area contributed by atoms with Gasteiger partial charge in [0.1, 0.15) is 12.6 Å². The first kappa shape index (κ1) is 25.9. The molecule has 0 heterocycles. The zero-order valence-corrected chi connectivity index (χ0v) is 21.0. The molecular formula is C23H30BrN3O4S. The van der Waals surface area contributed by atoms with Gasteiger partial charge in [-0.3, -0.25) is 13.9 Å². The lowest BCUT2D eigenvalue weighted by Gasteiger charge is -2.32. The summed E-state index contributed by atoms with van der Waals surface area (Å²) in [5.74, 6) is -0.690. The Labute approximate surface area is 199 Å². The molecule has 2 amide bonds. The van der Waals surface area contributed by atoms with Crippen LogP contribution in [0.5, 0.6) is 0 Å². The second-order valence-electron chi connectivity index (χ2n) is 7.47. The van der Waals surface area contributed by atoms with Crippen LogP contribution >= 0.6 is 15.9 Å². The van der Waals surface area contributed by atoms with E-state index in [0.717, 1.165) is 22.5 Å². The number of anilines is 1. The van der Waals surface area contributed by atoms with Crippen molar-refractivity contribution < 1.29 is 18.0 Å². The maximum atomic E-state index is 13.5. The molecule has 2 aromatic rings. The van der Waals surface area contributed by atoms with E-state index in [0.29, 0.717) is 23.1 Å². The number of sulfonamides is 1. The summed E-state index contributed by atoms with van der Waals surface area (Å²) in [6.45, 7) is 4.10. The fraction of sp³-hybridized carbons (Fsp3) is 0.391. The molecule has 1 atom stereocenters. The summed E-state index contributed by atoms with van der Waals surface area (Å²) in [5, 5.41) is 2.86. The Morgan fingerprint density at radius 2 is 1.75 bits per heavy atom. The van der Waals surface area contributed by atoms with Crippen molar-refractivity contribution in [3.63, 3.8) is 0 Å². The molecule has 9 heteroatoms. The van der Waals surface area contributed by atoms with Crippen LogP contribution in [0.3, 0.4) is 0 Å². The number of nitrogens with one attached hydrogen (secondary N) is 1. The van der Waals surface area contributed by atoms with Crippen LogP contribution < -0.4 is 9.62 Å². The highest BCUT2D eigenvalue weighted by Gasteiger charge is 2.31. The van der Waals surface area contributed by atoms with Crippen molar-refractivity contribution in [3.05, 3.63) is 64.6 Å². The van der Waals surface area contributed by atoms with E-state index in [9.17, 15) is 18.0 Å². The normalized spacial score (nSPS) is 12.1. The SMILES string of the molecule is CCCNC(=O)C(CC)N(Cc1ccccc1)C(=O)CN(c1cccc(Br)c1)S(C)(=O)=O. The molecule has 0 saturated heterocycles. The third kappa shape index (κ3) is 7.34. The molecule has 2 rings (SSSR count). The molecule has 0 aliphatic rings. The fourth-order valence-electron chi connectivity index (χ4n) is 3.31. The van der Waals surface area contributed by atoms with Gasteiger partial charge >= 0.3 is 0 Å². The van der Waals surface area contributed by atoms with Crippen LogP contribution in [0.4, 0.5) is 5.69 Å². The molecule has 0 aliphatic carbocycles. The quantitative estimate of drug-likeness (QED) is 0.487. The van der Waals surface area contributed by atoms with Gasteiger partial charge in [0, 0.05) is 17.6 Å². The Morgan fingerprint density at radius 3 is 2.31 bits per heavy atom. The van der Waals surface area contributed by atoms with Crippen molar-refractivity contribution in [1.29, 1.82) is 0 Å². The molecule has 0 fully saturated rings. The minimum atomic E-state index is -3.74. The summed E-state index contributed by atoms with van der Waals surface area (Å²) in [7, 11) is -3.74. The number of carbonyl (C=O) groups is 2. The number of hydrogen-bond acceptors (Lipinski definition) is 4. The Morgan fingerprint density at radius 1 is 1.06 bits per heavy atom. The van der Waals surface area contributed by atoms with Crippen LogP contribution in [-0.4, -0.2) is 50.5 Å². The molecule has 0 radical (unpaired) electrons. The predicted octanol–water partition coefficient (Wildman–Crippen LogP) is 3.55. The number of amides is 2. The minimum absolute atomic E-state index is 0.202. The largest absolute Gasteiger partial charge is 0.354 e. The Hall–Kier alpha value is -2.39. The number of rotatable bonds is 11. The predicted molar refractivity (Wildman–Crippen MR) is 131 cm³/mol. The topological polar surface area (TPSA) is 86.8 Å². The number of nitrogens with zero attached hydrogens (tertiary/aromatic N) is 2. The maximum absolute atomic E-state index is 13.5. The van der Waals surface area contributed by atoms with Gasteiger partial charge in [0.2, 0.25) is 21.8 Å². The van der Waals surface area contributed by atoms with E-state index in [2.05, 4.69) is 21.2 Å². The standard InChI is InChI=1S/C23H30BrN3O4S/c1-4-14-25-23(29)21(5-2)26(16-18-10-7-6-8-11-18)22(28)17-27(32(3,30)31)20-13-9-12-19(24)15-20/h6-13,15,21H,4-5,14,16-17H2,1-3H3,(H,25,29). The molecule has 0 bridgehead atoms. The number of halogens is 1. The Kier molecular flexibility index (Phi) is 9.71. The lowest BCUT2D eigenvalue weighted by Crippen LogP contribution is -2.52. The second-order valence-corrected chi connectivity index (χ2v) is 10.3. The Bertz CT molecular complexity index is 1010. The summed E-state index contributed by atoms with van der Waals surface area (Å²) in [4.78, 5) is 27.8. The van der Waals surface area contributed by atoms with E-state index >= 15 is 0 Å². The molecule has 1 N–H and O–H groups in total. The van der Waals surface area contributed by atoms with Crippen LogP contribution in [0.2, 0.25) is 0 Å². The lowest BCUT2D eigenvalue weighted by atomic mass is 10.1. The van der Waals surface area contributed by atoms with Crippen LogP contribution in [0.15, 0.2) is 59.1 Å². The van der Waals surface area contributed by atoms with E-state index in [1.807, 2.05) is 44.2 Å². The van der Waals surface area contributed by atoms with Gasteiger partial charge < -0.3 is 10.2 Å². The summed E-state index contributed by atoms with van der Waals surface area (Å²) in [5.41, 5.74) is 1.23. The van der Waals surface area contributed by atoms with Crippen LogP contribution in [0, 0.1) is 0 Å². The van der Waals surface area contributed by atoms with Gasteiger partial charge in [0.25, 0.3) is 0 Å². The molecule has 32 heavy (non-hydrogen) atoms. The number of carbonyl (C=O) groups excluding carboxylic acids is 2. The highest BCUT2D eigenvalue weighted by Crippen LogP contribution is 2.23. The average molecular weight is 524 g/mol. The highest BCUT2D eigenvalue weighted by molar-refractivity contribution is 9.10. The molecule has 0 spiro atoms. The molecular weight excluding hydrogens is 494 g/mol. The van der Waals surface area contributed by atoms with E-state index in [-0.39, 0.29) is 12.5 Å². The zero-order valence-electron chi connectivity index (χ0n) is 18.6. The maximum Gasteiger partial charge on any atom is 0.244 e. The van der Waals surface area contributed by atoms with Crippen molar-refractivity contribution in [2.45, 2.75) is 39.3 Å². The van der Waals surface area contributed by atoms with Gasteiger partial charge in [-0.25, -0.2) is 8.42 Å². The first-order chi connectivity index (χ1) is 15.2. The van der Waals surface area contributed by atoms with Gasteiger partial charge in [-0.15, -0.1) is 0 Å². The third-order valence-electron chi connectivity index (χ3n) is 4.91. The first-order valence-corrected chi connectivity index (χ1v) is 13.2. The smallest absolute Gasteiger partial charge is 0.244 e. The van der Waals surface area contributed by atoms with Gasteiger partial charge in [-0.2, -0.15) is 0 Å². The number of hydrogen-bond donors (Lipinski definition) is 1. The molecule has 1 unspecified atom stereocenters. The molecule has 2 aromatic carbocycles. The summed E-state index contributed by atoms with van der Waals surface area (Å²) in [6, 6.07) is 15.4. The second kappa shape index (κ2) is 12.0. The van der Waals surface area contributed by atoms with Gasteiger partial charge in [-0.1, -0.05) is 66.2 Å².